The van der Waals surface area contributed by atoms with E-state index in [0.717, 1.165) is 16.3 Å². The van der Waals surface area contributed by atoms with E-state index in [-0.39, 0.29) is 5.69 Å². The quantitative estimate of drug-likeness (QED) is 0.722. The maximum Gasteiger partial charge on any atom is 0.188 e. The molecule has 1 heterocycles. The number of aromatic nitrogens is 1. The van der Waals surface area contributed by atoms with Gasteiger partial charge in [0.2, 0.25) is 0 Å². The predicted octanol–water partition coefficient (Wildman–Crippen LogP) is 4.97. The van der Waals surface area contributed by atoms with Crippen LogP contribution >= 0.6 is 22.9 Å². The van der Waals surface area contributed by atoms with Gasteiger partial charge >= 0.3 is 0 Å². The molecule has 1 N–H and O–H groups in total. The molecule has 6 heteroatoms. The van der Waals surface area contributed by atoms with Crippen LogP contribution in [0.4, 0.5) is 19.6 Å². The van der Waals surface area contributed by atoms with Gasteiger partial charge in [0.15, 0.2) is 16.8 Å². The fourth-order valence-electron chi connectivity index (χ4n) is 1.68. The highest BCUT2D eigenvalue weighted by molar-refractivity contribution is 7.22. The van der Waals surface area contributed by atoms with Crippen molar-refractivity contribution in [2.75, 3.05) is 5.32 Å². The van der Waals surface area contributed by atoms with Gasteiger partial charge < -0.3 is 5.32 Å². The van der Waals surface area contributed by atoms with Gasteiger partial charge in [-0.05, 0) is 24.3 Å². The molecule has 1 aromatic heterocycles. The van der Waals surface area contributed by atoms with Gasteiger partial charge in [-0.1, -0.05) is 35.1 Å². The first-order chi connectivity index (χ1) is 9.15. The van der Waals surface area contributed by atoms with E-state index >= 15 is 0 Å². The molecule has 0 saturated carbocycles. The molecule has 96 valence electrons. The Kier molecular flexibility index (Phi) is 3.08. The summed E-state index contributed by atoms with van der Waals surface area (Å²) in [5, 5.41) is 3.81. The lowest BCUT2D eigenvalue weighted by atomic mass is 10.3. The smallest absolute Gasteiger partial charge is 0.188 e. The second-order valence-corrected chi connectivity index (χ2v) is 5.24. The number of hydrogen-bond acceptors (Lipinski definition) is 3. The molecule has 0 spiro atoms. The Morgan fingerprint density at radius 1 is 1.11 bits per heavy atom. The molecule has 0 unspecified atom stereocenters. The molecule has 0 atom stereocenters. The van der Waals surface area contributed by atoms with Gasteiger partial charge in [0.25, 0.3) is 0 Å². The lowest BCUT2D eigenvalue weighted by Crippen LogP contribution is -1.95. The average Bonchev–Trinajstić information content (AvgIpc) is 2.79. The van der Waals surface area contributed by atoms with E-state index in [9.17, 15) is 8.78 Å². The molecule has 0 radical (unpaired) electrons. The Labute approximate surface area is 116 Å². The van der Waals surface area contributed by atoms with Crippen molar-refractivity contribution in [1.82, 2.24) is 4.98 Å². The molecule has 0 aliphatic carbocycles. The number of anilines is 2. The summed E-state index contributed by atoms with van der Waals surface area (Å²) in [4.78, 5) is 4.27. The van der Waals surface area contributed by atoms with E-state index in [4.69, 9.17) is 11.6 Å². The van der Waals surface area contributed by atoms with Crippen molar-refractivity contribution in [3.8, 4) is 0 Å². The Morgan fingerprint density at radius 3 is 2.68 bits per heavy atom. The third-order valence-electron chi connectivity index (χ3n) is 2.56. The molecule has 3 aromatic rings. The number of hydrogen-bond donors (Lipinski definition) is 1. The summed E-state index contributed by atoms with van der Waals surface area (Å²) in [6.45, 7) is 0. The highest BCUT2D eigenvalue weighted by Crippen LogP contribution is 2.33. The van der Waals surface area contributed by atoms with Crippen LogP contribution in [0.2, 0.25) is 5.02 Å². The summed E-state index contributed by atoms with van der Waals surface area (Å²) in [7, 11) is 0. The third kappa shape index (κ3) is 2.27. The summed E-state index contributed by atoms with van der Waals surface area (Å²) in [6, 6.07) is 9.30. The second kappa shape index (κ2) is 4.75. The van der Waals surface area contributed by atoms with E-state index in [1.54, 1.807) is 12.1 Å². The van der Waals surface area contributed by atoms with Crippen LogP contribution < -0.4 is 5.32 Å². The molecule has 0 saturated heterocycles. The molecule has 19 heavy (non-hydrogen) atoms. The SMILES string of the molecule is Fc1cccc(Nc2nc3cccc(Cl)c3s2)c1F. The summed E-state index contributed by atoms with van der Waals surface area (Å²) >= 11 is 7.33. The zero-order valence-electron chi connectivity index (χ0n) is 9.45. The first-order valence-electron chi connectivity index (χ1n) is 5.41. The number of rotatable bonds is 2. The first kappa shape index (κ1) is 12.3. The molecule has 3 rings (SSSR count). The van der Waals surface area contributed by atoms with Gasteiger partial charge in [-0.2, -0.15) is 0 Å². The van der Waals surface area contributed by atoms with Gasteiger partial charge in [-0.15, -0.1) is 0 Å². The van der Waals surface area contributed by atoms with Crippen LogP contribution in [0.25, 0.3) is 10.2 Å². The second-order valence-electron chi connectivity index (χ2n) is 3.83. The minimum atomic E-state index is -0.923. The van der Waals surface area contributed by atoms with Crippen molar-refractivity contribution in [3.05, 3.63) is 53.1 Å². The maximum absolute atomic E-state index is 13.5. The van der Waals surface area contributed by atoms with Gasteiger partial charge in [-0.3, -0.25) is 0 Å². The highest BCUT2D eigenvalue weighted by Gasteiger charge is 2.11. The minimum Gasteiger partial charge on any atom is -0.329 e. The first-order valence-corrected chi connectivity index (χ1v) is 6.60. The standard InChI is InChI=1S/C13H7ClF2N2S/c14-7-3-1-6-10-12(7)19-13(18-10)17-9-5-2-4-8(15)11(9)16/h1-6H,(H,17,18). The van der Waals surface area contributed by atoms with Gasteiger partial charge in [0, 0.05) is 0 Å². The fraction of sp³-hybridized carbons (Fsp3) is 0. The number of benzene rings is 2. The molecule has 0 aliphatic rings. The lowest BCUT2D eigenvalue weighted by Gasteiger charge is -2.03. The monoisotopic (exact) mass is 296 g/mol. The average molecular weight is 297 g/mol. The maximum atomic E-state index is 13.5. The Morgan fingerprint density at radius 2 is 1.89 bits per heavy atom. The molecule has 0 bridgehead atoms. The fourth-order valence-corrected chi connectivity index (χ4v) is 2.85. The summed E-state index contributed by atoms with van der Waals surface area (Å²) in [5.74, 6) is -1.82. The van der Waals surface area contributed by atoms with E-state index in [1.165, 1.54) is 23.5 Å². The van der Waals surface area contributed by atoms with Crippen molar-refractivity contribution < 1.29 is 8.78 Å². The normalized spacial score (nSPS) is 10.9. The lowest BCUT2D eigenvalue weighted by molar-refractivity contribution is 0.512. The third-order valence-corrected chi connectivity index (χ3v) is 4.01. The van der Waals surface area contributed by atoms with Gasteiger partial charge in [-0.25, -0.2) is 13.8 Å². The Hall–Kier alpha value is -1.72. The summed E-state index contributed by atoms with van der Waals surface area (Å²) in [5.41, 5.74) is 0.770. The van der Waals surface area contributed by atoms with E-state index in [0.29, 0.717) is 10.2 Å². The van der Waals surface area contributed by atoms with E-state index < -0.39 is 11.6 Å². The predicted molar refractivity (Wildman–Crippen MR) is 74.3 cm³/mol. The van der Waals surface area contributed by atoms with Crippen molar-refractivity contribution in [2.24, 2.45) is 0 Å². The van der Waals surface area contributed by atoms with Crippen molar-refractivity contribution in [3.63, 3.8) is 0 Å². The van der Waals surface area contributed by atoms with Crippen molar-refractivity contribution in [2.45, 2.75) is 0 Å². The van der Waals surface area contributed by atoms with Crippen LogP contribution in [0.3, 0.4) is 0 Å². The van der Waals surface area contributed by atoms with Crippen LogP contribution in [0.15, 0.2) is 36.4 Å². The zero-order chi connectivity index (χ0) is 13.4. The van der Waals surface area contributed by atoms with Crippen molar-refractivity contribution >= 4 is 44.0 Å². The molecule has 0 amide bonds. The van der Waals surface area contributed by atoms with Crippen LogP contribution in [-0.4, -0.2) is 4.98 Å². The van der Waals surface area contributed by atoms with E-state index in [1.807, 2.05) is 6.07 Å². The molecular weight excluding hydrogens is 290 g/mol. The van der Waals surface area contributed by atoms with Crippen LogP contribution in [0.5, 0.6) is 0 Å². The zero-order valence-corrected chi connectivity index (χ0v) is 11.0. The van der Waals surface area contributed by atoms with Gasteiger partial charge in [0.1, 0.15) is 0 Å². The largest absolute Gasteiger partial charge is 0.329 e. The van der Waals surface area contributed by atoms with Crippen LogP contribution in [0, 0.1) is 11.6 Å². The summed E-state index contributed by atoms with van der Waals surface area (Å²) in [6.07, 6.45) is 0. The Balaban J connectivity index is 2.02. The molecule has 0 aliphatic heterocycles. The highest BCUT2D eigenvalue weighted by atomic mass is 35.5. The molecule has 0 fully saturated rings. The number of nitrogens with one attached hydrogen (secondary N) is 1. The molecule has 2 nitrogen and oxygen atoms in total. The minimum absolute atomic E-state index is 0.0511. The van der Waals surface area contributed by atoms with Crippen molar-refractivity contribution in [1.29, 1.82) is 0 Å². The Bertz CT molecular complexity index is 757. The number of fused-ring (bicyclic) bond motifs is 1. The molecular formula is C13H7ClF2N2S. The summed E-state index contributed by atoms with van der Waals surface area (Å²) < 4.78 is 27.4. The van der Waals surface area contributed by atoms with Crippen LogP contribution in [-0.2, 0) is 0 Å². The molecule has 2 aromatic carbocycles. The topological polar surface area (TPSA) is 24.9 Å². The van der Waals surface area contributed by atoms with Gasteiger partial charge in [0.05, 0.1) is 20.9 Å². The van der Waals surface area contributed by atoms with E-state index in [2.05, 4.69) is 10.3 Å². The number of nitrogens with zero attached hydrogens (tertiary/aromatic N) is 1. The number of thiazole rings is 1. The van der Waals surface area contributed by atoms with Crippen LogP contribution in [0.1, 0.15) is 0 Å². The number of halogens is 3.